The standard InChI is InChI=1S/C12H19N3O2.C2H6/c1-9-11(8-13-16)12(15(2)14-9)17-10-6-4-3-5-7-10;1-2/h8,10,16H,3-7H2,1-2H3;1-2H3. The van der Waals surface area contributed by atoms with E-state index in [1.807, 2.05) is 27.8 Å². The Hall–Kier alpha value is -1.52. The summed E-state index contributed by atoms with van der Waals surface area (Å²) in [5.74, 6) is 0.701. The van der Waals surface area contributed by atoms with E-state index in [0.717, 1.165) is 24.1 Å². The van der Waals surface area contributed by atoms with Gasteiger partial charge in [-0.1, -0.05) is 25.4 Å². The number of hydrogen-bond donors (Lipinski definition) is 1. The number of ether oxygens (including phenoxy) is 1. The lowest BCUT2D eigenvalue weighted by atomic mass is 9.98. The summed E-state index contributed by atoms with van der Waals surface area (Å²) in [5, 5.41) is 16.0. The van der Waals surface area contributed by atoms with E-state index < -0.39 is 0 Å². The zero-order valence-electron chi connectivity index (χ0n) is 12.4. The molecule has 0 amide bonds. The third kappa shape index (κ3) is 3.98. The van der Waals surface area contributed by atoms with Crippen LogP contribution >= 0.6 is 0 Å². The molecule has 0 unspecified atom stereocenters. The maximum absolute atomic E-state index is 8.66. The summed E-state index contributed by atoms with van der Waals surface area (Å²) < 4.78 is 7.70. The van der Waals surface area contributed by atoms with Gasteiger partial charge in [0.1, 0.15) is 6.10 Å². The predicted octanol–water partition coefficient (Wildman–Crippen LogP) is 3.27. The van der Waals surface area contributed by atoms with Gasteiger partial charge in [-0.25, -0.2) is 4.68 Å². The van der Waals surface area contributed by atoms with E-state index in [-0.39, 0.29) is 6.10 Å². The first-order valence-corrected chi connectivity index (χ1v) is 7.10. The number of aromatic nitrogens is 2. The molecule has 1 aromatic heterocycles. The largest absolute Gasteiger partial charge is 0.474 e. The molecular weight excluding hydrogens is 242 g/mol. The van der Waals surface area contributed by atoms with Crippen LogP contribution in [0.15, 0.2) is 5.16 Å². The van der Waals surface area contributed by atoms with Gasteiger partial charge in [0.05, 0.1) is 17.5 Å². The molecule has 0 atom stereocenters. The topological polar surface area (TPSA) is 59.6 Å². The minimum Gasteiger partial charge on any atom is -0.474 e. The second-order valence-electron chi connectivity index (χ2n) is 4.55. The lowest BCUT2D eigenvalue weighted by molar-refractivity contribution is 0.142. The van der Waals surface area contributed by atoms with Crippen LogP contribution < -0.4 is 4.74 Å². The average molecular weight is 267 g/mol. The Balaban J connectivity index is 0.000000861. The van der Waals surface area contributed by atoms with Crippen LogP contribution in [-0.4, -0.2) is 27.3 Å². The van der Waals surface area contributed by atoms with Gasteiger partial charge in [-0.3, -0.25) is 0 Å². The van der Waals surface area contributed by atoms with Crippen molar-refractivity contribution in [3.05, 3.63) is 11.3 Å². The van der Waals surface area contributed by atoms with Crippen molar-refractivity contribution >= 4 is 6.21 Å². The van der Waals surface area contributed by atoms with Crippen LogP contribution in [0.1, 0.15) is 57.2 Å². The number of rotatable bonds is 3. The maximum atomic E-state index is 8.66. The van der Waals surface area contributed by atoms with Gasteiger partial charge in [-0.05, 0) is 32.6 Å². The minimum absolute atomic E-state index is 0.268. The molecule has 0 spiro atoms. The summed E-state index contributed by atoms with van der Waals surface area (Å²) in [4.78, 5) is 0. The minimum atomic E-state index is 0.268. The Bertz CT molecular complexity index is 407. The van der Waals surface area contributed by atoms with Gasteiger partial charge in [-0.2, -0.15) is 5.10 Å². The lowest BCUT2D eigenvalue weighted by Gasteiger charge is -2.23. The first kappa shape index (κ1) is 15.5. The van der Waals surface area contributed by atoms with Crippen molar-refractivity contribution in [2.75, 3.05) is 0 Å². The molecule has 1 saturated carbocycles. The van der Waals surface area contributed by atoms with Crippen molar-refractivity contribution < 1.29 is 9.94 Å². The van der Waals surface area contributed by atoms with E-state index >= 15 is 0 Å². The second kappa shape index (κ2) is 7.81. The summed E-state index contributed by atoms with van der Waals surface area (Å²) in [6, 6.07) is 0. The quantitative estimate of drug-likeness (QED) is 0.519. The molecule has 1 aliphatic rings. The van der Waals surface area contributed by atoms with Gasteiger partial charge in [0.2, 0.25) is 5.88 Å². The van der Waals surface area contributed by atoms with Crippen molar-refractivity contribution in [3.8, 4) is 5.88 Å². The van der Waals surface area contributed by atoms with E-state index in [0.29, 0.717) is 5.88 Å². The highest BCUT2D eigenvalue weighted by Crippen LogP contribution is 2.26. The molecule has 108 valence electrons. The molecule has 2 rings (SSSR count). The molecule has 1 aromatic rings. The smallest absolute Gasteiger partial charge is 0.221 e. The fourth-order valence-corrected chi connectivity index (χ4v) is 2.34. The molecule has 5 nitrogen and oxygen atoms in total. The number of nitrogens with zero attached hydrogens (tertiary/aromatic N) is 3. The molecule has 0 radical (unpaired) electrons. The number of hydrogen-bond acceptors (Lipinski definition) is 4. The molecule has 5 heteroatoms. The molecule has 1 aliphatic carbocycles. The molecular formula is C14H25N3O2. The molecule has 1 fully saturated rings. The van der Waals surface area contributed by atoms with Gasteiger partial charge in [0.25, 0.3) is 0 Å². The highest BCUT2D eigenvalue weighted by Gasteiger charge is 2.20. The van der Waals surface area contributed by atoms with Crippen LogP contribution in [0, 0.1) is 6.92 Å². The Morgan fingerprint density at radius 1 is 1.32 bits per heavy atom. The van der Waals surface area contributed by atoms with Crippen molar-refractivity contribution in [2.45, 2.75) is 59.0 Å². The third-order valence-corrected chi connectivity index (χ3v) is 3.23. The SMILES string of the molecule is CC.Cc1nn(C)c(OC2CCCCC2)c1C=NO. The van der Waals surface area contributed by atoms with Crippen molar-refractivity contribution in [1.82, 2.24) is 9.78 Å². The Morgan fingerprint density at radius 3 is 2.53 bits per heavy atom. The molecule has 1 N–H and O–H groups in total. The fourth-order valence-electron chi connectivity index (χ4n) is 2.34. The van der Waals surface area contributed by atoms with Crippen LogP contribution in [0.3, 0.4) is 0 Å². The Labute approximate surface area is 115 Å². The maximum Gasteiger partial charge on any atom is 0.221 e. The fraction of sp³-hybridized carbons (Fsp3) is 0.714. The van der Waals surface area contributed by atoms with Gasteiger partial charge >= 0.3 is 0 Å². The van der Waals surface area contributed by atoms with E-state index in [9.17, 15) is 0 Å². The van der Waals surface area contributed by atoms with Crippen molar-refractivity contribution in [2.24, 2.45) is 12.2 Å². The summed E-state index contributed by atoms with van der Waals surface area (Å²) in [6.45, 7) is 5.88. The van der Waals surface area contributed by atoms with E-state index in [1.54, 1.807) is 4.68 Å². The van der Waals surface area contributed by atoms with E-state index in [2.05, 4.69) is 10.3 Å². The van der Waals surface area contributed by atoms with Crippen LogP contribution in [0.5, 0.6) is 5.88 Å². The molecule has 0 aromatic carbocycles. The molecule has 19 heavy (non-hydrogen) atoms. The van der Waals surface area contributed by atoms with Gasteiger partial charge < -0.3 is 9.94 Å². The second-order valence-corrected chi connectivity index (χ2v) is 4.55. The highest BCUT2D eigenvalue weighted by molar-refractivity contribution is 5.83. The van der Waals surface area contributed by atoms with Crippen LogP contribution in [0.4, 0.5) is 0 Å². The van der Waals surface area contributed by atoms with Crippen LogP contribution in [0.25, 0.3) is 0 Å². The summed E-state index contributed by atoms with van der Waals surface area (Å²) in [6.07, 6.45) is 7.61. The van der Waals surface area contributed by atoms with Gasteiger partial charge in [-0.15, -0.1) is 0 Å². The predicted molar refractivity (Wildman–Crippen MR) is 76.2 cm³/mol. The number of oxime groups is 1. The Kier molecular flexibility index (Phi) is 6.39. The van der Waals surface area contributed by atoms with Crippen LogP contribution in [0.2, 0.25) is 0 Å². The van der Waals surface area contributed by atoms with Gasteiger partial charge in [0.15, 0.2) is 0 Å². The third-order valence-electron chi connectivity index (χ3n) is 3.23. The molecule has 1 heterocycles. The van der Waals surface area contributed by atoms with Crippen LogP contribution in [-0.2, 0) is 7.05 Å². The average Bonchev–Trinajstić information content (AvgIpc) is 2.70. The van der Waals surface area contributed by atoms with Crippen molar-refractivity contribution in [3.63, 3.8) is 0 Å². The first-order valence-electron chi connectivity index (χ1n) is 7.10. The molecule has 0 saturated heterocycles. The Morgan fingerprint density at radius 2 is 1.95 bits per heavy atom. The van der Waals surface area contributed by atoms with Gasteiger partial charge in [0, 0.05) is 7.05 Å². The summed E-state index contributed by atoms with van der Waals surface area (Å²) in [5.41, 5.74) is 1.58. The van der Waals surface area contributed by atoms with E-state index in [1.165, 1.54) is 25.5 Å². The van der Waals surface area contributed by atoms with Crippen molar-refractivity contribution in [1.29, 1.82) is 0 Å². The number of aryl methyl sites for hydroxylation is 2. The zero-order valence-corrected chi connectivity index (χ0v) is 12.4. The zero-order chi connectivity index (χ0) is 14.3. The first-order chi connectivity index (χ1) is 9.22. The molecule has 0 bridgehead atoms. The summed E-state index contributed by atoms with van der Waals surface area (Å²) >= 11 is 0. The monoisotopic (exact) mass is 267 g/mol. The highest BCUT2D eigenvalue weighted by atomic mass is 16.5. The lowest BCUT2D eigenvalue weighted by Crippen LogP contribution is -2.21. The normalized spacial score (nSPS) is 16.2. The summed E-state index contributed by atoms with van der Waals surface area (Å²) in [7, 11) is 1.85. The molecule has 0 aliphatic heterocycles. The van der Waals surface area contributed by atoms with E-state index in [4.69, 9.17) is 9.94 Å².